The number of rotatable bonds is 4. The zero-order valence-electron chi connectivity index (χ0n) is 9.84. The molecule has 0 atom stereocenters. The largest absolute Gasteiger partial charge is 0.457 e. The third-order valence-corrected chi connectivity index (χ3v) is 2.63. The zero-order valence-corrected chi connectivity index (χ0v) is 10.6. The highest BCUT2D eigenvalue weighted by Crippen LogP contribution is 2.23. The predicted octanol–water partition coefficient (Wildman–Crippen LogP) is 4.10. The fraction of sp³-hybridized carbons (Fsp3) is 0.0667. The van der Waals surface area contributed by atoms with Crippen LogP contribution in [0.15, 0.2) is 54.6 Å². The smallest absolute Gasteiger partial charge is 0.127 e. The van der Waals surface area contributed by atoms with Crippen LogP contribution in [0.25, 0.3) is 6.08 Å². The Morgan fingerprint density at radius 3 is 2.06 bits per heavy atom. The summed E-state index contributed by atoms with van der Waals surface area (Å²) in [5, 5.41) is 0.699. The van der Waals surface area contributed by atoms with E-state index in [0.29, 0.717) is 11.6 Å². The molecular formula is C15H14ClNO. The highest BCUT2D eigenvalue weighted by Gasteiger charge is 1.97. The molecule has 0 saturated heterocycles. The van der Waals surface area contributed by atoms with Crippen LogP contribution >= 0.6 is 11.6 Å². The molecule has 0 unspecified atom stereocenters. The number of halogens is 1. The molecule has 2 nitrogen and oxygen atoms in total. The number of hydrogen-bond acceptors (Lipinski definition) is 2. The Balaban J connectivity index is 2.06. The Morgan fingerprint density at radius 1 is 0.944 bits per heavy atom. The topological polar surface area (TPSA) is 35.2 Å². The summed E-state index contributed by atoms with van der Waals surface area (Å²) in [4.78, 5) is 0. The van der Waals surface area contributed by atoms with Gasteiger partial charge in [0, 0.05) is 11.6 Å². The van der Waals surface area contributed by atoms with E-state index in [1.54, 1.807) is 12.1 Å². The number of nitrogens with two attached hydrogens (primary N) is 1. The Kier molecular flexibility index (Phi) is 4.40. The van der Waals surface area contributed by atoms with Crippen LogP contribution in [0.3, 0.4) is 0 Å². The molecule has 0 aliphatic carbocycles. The lowest BCUT2D eigenvalue weighted by atomic mass is 10.2. The Morgan fingerprint density at radius 2 is 1.50 bits per heavy atom. The third kappa shape index (κ3) is 3.62. The molecule has 0 aliphatic rings. The Hall–Kier alpha value is -1.77. The molecule has 0 bridgehead atoms. The molecule has 3 heteroatoms. The van der Waals surface area contributed by atoms with Gasteiger partial charge in [0.15, 0.2) is 0 Å². The van der Waals surface area contributed by atoms with Crippen molar-refractivity contribution in [1.29, 1.82) is 0 Å². The number of hydrogen-bond donors (Lipinski definition) is 1. The first-order valence-electron chi connectivity index (χ1n) is 5.68. The van der Waals surface area contributed by atoms with E-state index in [1.165, 1.54) is 0 Å². The molecule has 2 rings (SSSR count). The molecule has 0 aliphatic heterocycles. The molecule has 92 valence electrons. The summed E-state index contributed by atoms with van der Waals surface area (Å²) in [7, 11) is 0. The van der Waals surface area contributed by atoms with Crippen LogP contribution in [0.1, 0.15) is 5.56 Å². The van der Waals surface area contributed by atoms with Crippen molar-refractivity contribution in [3.8, 4) is 11.5 Å². The number of ether oxygens (including phenoxy) is 1. The summed E-state index contributed by atoms with van der Waals surface area (Å²) >= 11 is 5.81. The summed E-state index contributed by atoms with van der Waals surface area (Å²) < 4.78 is 5.69. The summed E-state index contributed by atoms with van der Waals surface area (Å²) in [6.45, 7) is 0.545. The van der Waals surface area contributed by atoms with E-state index >= 15 is 0 Å². The van der Waals surface area contributed by atoms with Gasteiger partial charge in [-0.15, -0.1) is 0 Å². The van der Waals surface area contributed by atoms with Gasteiger partial charge in [-0.1, -0.05) is 35.9 Å². The summed E-state index contributed by atoms with van der Waals surface area (Å²) in [5.41, 5.74) is 6.50. The van der Waals surface area contributed by atoms with Gasteiger partial charge in [0.1, 0.15) is 11.5 Å². The molecule has 2 aromatic carbocycles. The van der Waals surface area contributed by atoms with Crippen LogP contribution in [-0.2, 0) is 0 Å². The highest BCUT2D eigenvalue weighted by atomic mass is 35.5. The molecule has 0 heterocycles. The molecular weight excluding hydrogens is 246 g/mol. The molecule has 0 spiro atoms. The van der Waals surface area contributed by atoms with E-state index in [4.69, 9.17) is 22.1 Å². The lowest BCUT2D eigenvalue weighted by Gasteiger charge is -2.05. The van der Waals surface area contributed by atoms with Gasteiger partial charge < -0.3 is 10.5 Å². The maximum atomic E-state index is 5.81. The van der Waals surface area contributed by atoms with Crippen molar-refractivity contribution >= 4 is 17.7 Å². The fourth-order valence-corrected chi connectivity index (χ4v) is 1.62. The van der Waals surface area contributed by atoms with Gasteiger partial charge in [-0.2, -0.15) is 0 Å². The van der Waals surface area contributed by atoms with Crippen molar-refractivity contribution in [2.45, 2.75) is 0 Å². The lowest BCUT2D eigenvalue weighted by molar-refractivity contribution is 0.482. The van der Waals surface area contributed by atoms with E-state index in [2.05, 4.69) is 0 Å². The average molecular weight is 260 g/mol. The van der Waals surface area contributed by atoms with Crippen LogP contribution < -0.4 is 10.5 Å². The van der Waals surface area contributed by atoms with Crippen LogP contribution in [-0.4, -0.2) is 6.54 Å². The maximum Gasteiger partial charge on any atom is 0.127 e. The minimum absolute atomic E-state index is 0.545. The van der Waals surface area contributed by atoms with E-state index in [1.807, 2.05) is 48.6 Å². The fourth-order valence-electron chi connectivity index (χ4n) is 1.49. The van der Waals surface area contributed by atoms with Gasteiger partial charge in [0.2, 0.25) is 0 Å². The molecule has 0 fully saturated rings. The second kappa shape index (κ2) is 6.24. The van der Waals surface area contributed by atoms with Crippen molar-refractivity contribution in [1.82, 2.24) is 0 Å². The van der Waals surface area contributed by atoms with Crippen LogP contribution in [0.5, 0.6) is 11.5 Å². The van der Waals surface area contributed by atoms with E-state index in [9.17, 15) is 0 Å². The minimum atomic E-state index is 0.545. The normalized spacial score (nSPS) is 10.8. The van der Waals surface area contributed by atoms with Gasteiger partial charge in [-0.05, 0) is 42.0 Å². The first kappa shape index (κ1) is 12.7. The maximum absolute atomic E-state index is 5.81. The Bertz CT molecular complexity index is 517. The van der Waals surface area contributed by atoms with Crippen molar-refractivity contribution in [3.63, 3.8) is 0 Å². The van der Waals surface area contributed by atoms with E-state index < -0.39 is 0 Å². The number of benzene rings is 2. The van der Waals surface area contributed by atoms with Crippen molar-refractivity contribution in [2.24, 2.45) is 5.73 Å². The zero-order chi connectivity index (χ0) is 12.8. The molecule has 0 amide bonds. The predicted molar refractivity (Wildman–Crippen MR) is 76.1 cm³/mol. The first-order valence-corrected chi connectivity index (χ1v) is 6.06. The molecule has 0 radical (unpaired) electrons. The Labute approximate surface area is 112 Å². The standard InChI is InChI=1S/C15H14ClNO/c16-13-5-9-15(10-6-13)18-14-7-3-12(4-8-14)2-1-11-17/h1-10H,11,17H2. The van der Waals surface area contributed by atoms with Gasteiger partial charge in [0.25, 0.3) is 0 Å². The van der Waals surface area contributed by atoms with E-state index in [0.717, 1.165) is 17.1 Å². The van der Waals surface area contributed by atoms with Crippen molar-refractivity contribution < 1.29 is 4.74 Å². The summed E-state index contributed by atoms with van der Waals surface area (Å²) in [6.07, 6.45) is 3.89. The SMILES string of the molecule is NCC=Cc1ccc(Oc2ccc(Cl)cc2)cc1. The highest BCUT2D eigenvalue weighted by molar-refractivity contribution is 6.30. The average Bonchev–Trinajstić information content (AvgIpc) is 2.41. The summed E-state index contributed by atoms with van der Waals surface area (Å²) in [5.74, 6) is 1.56. The molecule has 2 N–H and O–H groups in total. The van der Waals surface area contributed by atoms with E-state index in [-0.39, 0.29) is 0 Å². The van der Waals surface area contributed by atoms with Crippen molar-refractivity contribution in [2.75, 3.05) is 6.54 Å². The van der Waals surface area contributed by atoms with Gasteiger partial charge in [0.05, 0.1) is 0 Å². The first-order chi connectivity index (χ1) is 8.78. The van der Waals surface area contributed by atoms with Gasteiger partial charge in [-0.25, -0.2) is 0 Å². The van der Waals surface area contributed by atoms with Crippen molar-refractivity contribution in [3.05, 3.63) is 65.2 Å². The third-order valence-electron chi connectivity index (χ3n) is 2.38. The molecule has 2 aromatic rings. The molecule has 0 aromatic heterocycles. The quantitative estimate of drug-likeness (QED) is 0.897. The van der Waals surface area contributed by atoms with Crippen LogP contribution in [0.4, 0.5) is 0 Å². The van der Waals surface area contributed by atoms with Crippen LogP contribution in [0.2, 0.25) is 5.02 Å². The van der Waals surface area contributed by atoms with Gasteiger partial charge >= 0.3 is 0 Å². The molecule has 18 heavy (non-hydrogen) atoms. The second-order valence-electron chi connectivity index (χ2n) is 3.76. The van der Waals surface area contributed by atoms with Crippen LogP contribution in [0, 0.1) is 0 Å². The summed E-state index contributed by atoms with van der Waals surface area (Å²) in [6, 6.07) is 15.1. The second-order valence-corrected chi connectivity index (χ2v) is 4.20. The molecule has 0 saturated carbocycles. The lowest BCUT2D eigenvalue weighted by Crippen LogP contribution is -1.91. The van der Waals surface area contributed by atoms with Gasteiger partial charge in [-0.3, -0.25) is 0 Å². The minimum Gasteiger partial charge on any atom is -0.457 e. The monoisotopic (exact) mass is 259 g/mol.